The van der Waals surface area contributed by atoms with Gasteiger partial charge in [-0.25, -0.2) is 0 Å². The minimum absolute atomic E-state index is 0.0918. The molecule has 0 N–H and O–H groups in total. The van der Waals surface area contributed by atoms with Gasteiger partial charge in [0.15, 0.2) is 0 Å². The second-order valence-electron chi connectivity index (χ2n) is 2.66. The number of aryl methyl sites for hydroxylation is 1. The molecule has 6 heteroatoms. The first-order valence-corrected chi connectivity index (χ1v) is 4.64. The summed E-state index contributed by atoms with van der Waals surface area (Å²) in [5.41, 5.74) is 0. The number of nitro groups is 1. The lowest BCUT2D eigenvalue weighted by Gasteiger charge is -1.96. The van der Waals surface area contributed by atoms with Crippen molar-refractivity contribution in [3.05, 3.63) is 22.6 Å². The summed E-state index contributed by atoms with van der Waals surface area (Å²) in [6.07, 6.45) is 4.90. The second-order valence-corrected chi connectivity index (χ2v) is 3.10. The molecule has 0 spiro atoms. The first-order chi connectivity index (χ1) is 6.24. The number of unbranched alkanes of at least 4 members (excludes halogenated alkanes) is 1. The summed E-state index contributed by atoms with van der Waals surface area (Å²) in [6, 6.07) is 0. The van der Waals surface area contributed by atoms with Crippen molar-refractivity contribution in [2.45, 2.75) is 19.4 Å². The smallest absolute Gasteiger partial charge is 0.358 e. The summed E-state index contributed by atoms with van der Waals surface area (Å²) in [5, 5.41) is 10.3. The van der Waals surface area contributed by atoms with Gasteiger partial charge in [-0.1, -0.05) is 0 Å². The molecule has 0 aliphatic heterocycles. The van der Waals surface area contributed by atoms with Crippen molar-refractivity contribution in [2.75, 3.05) is 5.75 Å². The Morgan fingerprint density at radius 3 is 2.92 bits per heavy atom. The molecule has 0 bridgehead atoms. The third-order valence-corrected chi connectivity index (χ3v) is 1.95. The van der Waals surface area contributed by atoms with E-state index in [-0.39, 0.29) is 5.82 Å². The molecule has 13 heavy (non-hydrogen) atoms. The fraction of sp³-hybridized carbons (Fsp3) is 0.571. The highest BCUT2D eigenvalue weighted by Crippen LogP contribution is 2.06. The van der Waals surface area contributed by atoms with Gasteiger partial charge in [-0.3, -0.25) is 0 Å². The molecule has 0 aliphatic rings. The highest BCUT2D eigenvalue weighted by Gasteiger charge is 2.08. The van der Waals surface area contributed by atoms with Crippen molar-refractivity contribution in [3.63, 3.8) is 0 Å². The topological polar surface area (TPSA) is 61.0 Å². The summed E-state index contributed by atoms with van der Waals surface area (Å²) in [7, 11) is 0. The molecule has 0 fully saturated rings. The Labute approximate surface area is 81.3 Å². The molecule has 0 saturated carbocycles. The Kier molecular flexibility index (Phi) is 3.75. The standard InChI is InChI=1S/C7H11N3O2S/c11-10(12)7-5-9(6-8-7)3-1-2-4-13/h5-6,13H,1-4H2. The summed E-state index contributed by atoms with van der Waals surface area (Å²) in [4.78, 5) is 13.4. The van der Waals surface area contributed by atoms with Gasteiger partial charge < -0.3 is 14.7 Å². The van der Waals surface area contributed by atoms with Crippen LogP contribution in [0.5, 0.6) is 0 Å². The molecule has 5 nitrogen and oxygen atoms in total. The number of hydrogen-bond acceptors (Lipinski definition) is 4. The largest absolute Gasteiger partial charge is 0.381 e. The van der Waals surface area contributed by atoms with Crippen LogP contribution in [0.15, 0.2) is 12.5 Å². The molecule has 0 saturated heterocycles. The molecular weight excluding hydrogens is 190 g/mol. The predicted octanol–water partition coefficient (Wildman–Crippen LogP) is 1.50. The van der Waals surface area contributed by atoms with E-state index in [1.165, 1.54) is 12.5 Å². The number of nitrogens with zero attached hydrogens (tertiary/aromatic N) is 3. The maximum Gasteiger partial charge on any atom is 0.381 e. The van der Waals surface area contributed by atoms with Crippen LogP contribution in [0, 0.1) is 10.1 Å². The SMILES string of the molecule is O=[N+]([O-])c1cn(CCCCS)cn1. The van der Waals surface area contributed by atoms with Gasteiger partial charge in [-0.05, 0) is 28.5 Å². The number of thiol groups is 1. The van der Waals surface area contributed by atoms with Crippen LogP contribution < -0.4 is 0 Å². The van der Waals surface area contributed by atoms with E-state index >= 15 is 0 Å². The Morgan fingerprint density at radius 2 is 2.38 bits per heavy atom. The van der Waals surface area contributed by atoms with Crippen molar-refractivity contribution in [1.82, 2.24) is 9.55 Å². The third kappa shape index (κ3) is 3.06. The lowest BCUT2D eigenvalue weighted by molar-refractivity contribution is -0.389. The van der Waals surface area contributed by atoms with Gasteiger partial charge in [0, 0.05) is 6.54 Å². The Morgan fingerprint density at radius 1 is 1.62 bits per heavy atom. The van der Waals surface area contributed by atoms with E-state index < -0.39 is 4.92 Å². The van der Waals surface area contributed by atoms with E-state index in [0.29, 0.717) is 0 Å². The van der Waals surface area contributed by atoms with Crippen molar-refractivity contribution < 1.29 is 4.92 Å². The molecule has 1 aromatic heterocycles. The van der Waals surface area contributed by atoms with Crippen LogP contribution in [0.25, 0.3) is 0 Å². The Hall–Kier alpha value is -1.04. The van der Waals surface area contributed by atoms with Gasteiger partial charge in [0.25, 0.3) is 0 Å². The van der Waals surface area contributed by atoms with Crippen LogP contribution in [0.3, 0.4) is 0 Å². The maximum absolute atomic E-state index is 10.3. The number of rotatable bonds is 5. The van der Waals surface area contributed by atoms with E-state index in [1.807, 2.05) is 0 Å². The highest BCUT2D eigenvalue weighted by molar-refractivity contribution is 7.80. The van der Waals surface area contributed by atoms with Crippen LogP contribution in [0.1, 0.15) is 12.8 Å². The minimum atomic E-state index is -0.491. The van der Waals surface area contributed by atoms with Crippen LogP contribution in [0.4, 0.5) is 5.82 Å². The molecule has 0 atom stereocenters. The molecular formula is C7H11N3O2S. The van der Waals surface area contributed by atoms with Gasteiger partial charge in [0.1, 0.15) is 6.20 Å². The van der Waals surface area contributed by atoms with Crippen molar-refractivity contribution in [1.29, 1.82) is 0 Å². The van der Waals surface area contributed by atoms with E-state index in [1.54, 1.807) is 4.57 Å². The summed E-state index contributed by atoms with van der Waals surface area (Å²) >= 11 is 4.07. The minimum Gasteiger partial charge on any atom is -0.358 e. The fourth-order valence-electron chi connectivity index (χ4n) is 0.971. The lowest BCUT2D eigenvalue weighted by atomic mass is 10.3. The van der Waals surface area contributed by atoms with Crippen LogP contribution in [-0.2, 0) is 6.54 Å². The van der Waals surface area contributed by atoms with E-state index in [2.05, 4.69) is 17.6 Å². The first-order valence-electron chi connectivity index (χ1n) is 4.01. The van der Waals surface area contributed by atoms with Crippen molar-refractivity contribution in [2.24, 2.45) is 0 Å². The molecule has 0 radical (unpaired) electrons. The average Bonchev–Trinajstić information content (AvgIpc) is 2.53. The van der Waals surface area contributed by atoms with Crippen LogP contribution in [0.2, 0.25) is 0 Å². The molecule has 0 amide bonds. The normalized spacial score (nSPS) is 10.2. The van der Waals surface area contributed by atoms with E-state index in [0.717, 1.165) is 25.1 Å². The molecule has 1 heterocycles. The number of hydrogen-bond donors (Lipinski definition) is 1. The van der Waals surface area contributed by atoms with Crippen LogP contribution >= 0.6 is 12.6 Å². The molecule has 1 aromatic rings. The summed E-state index contributed by atoms with van der Waals surface area (Å²) < 4.78 is 1.72. The van der Waals surface area contributed by atoms with Gasteiger partial charge in [-0.15, -0.1) is 0 Å². The summed E-state index contributed by atoms with van der Waals surface area (Å²) in [5.74, 6) is 0.752. The van der Waals surface area contributed by atoms with Gasteiger partial charge in [-0.2, -0.15) is 12.6 Å². The molecule has 0 unspecified atom stereocenters. The van der Waals surface area contributed by atoms with Gasteiger partial charge in [0.05, 0.1) is 0 Å². The zero-order valence-corrected chi connectivity index (χ0v) is 7.98. The molecule has 1 rings (SSSR count). The third-order valence-electron chi connectivity index (χ3n) is 1.63. The molecule has 0 aromatic carbocycles. The maximum atomic E-state index is 10.3. The summed E-state index contributed by atoms with van der Waals surface area (Å²) in [6.45, 7) is 0.765. The Bertz CT molecular complexity index is 287. The number of imidazole rings is 1. The fourth-order valence-corrected chi connectivity index (χ4v) is 1.19. The molecule has 72 valence electrons. The van der Waals surface area contributed by atoms with Crippen molar-refractivity contribution >= 4 is 18.4 Å². The average molecular weight is 201 g/mol. The Balaban J connectivity index is 2.44. The predicted molar refractivity (Wildman–Crippen MR) is 52.0 cm³/mol. The molecule has 0 aliphatic carbocycles. The number of aromatic nitrogens is 2. The first kappa shape index (κ1) is 10.0. The zero-order chi connectivity index (χ0) is 9.68. The van der Waals surface area contributed by atoms with E-state index in [9.17, 15) is 10.1 Å². The van der Waals surface area contributed by atoms with Gasteiger partial charge in [0.2, 0.25) is 6.33 Å². The monoisotopic (exact) mass is 201 g/mol. The van der Waals surface area contributed by atoms with Crippen molar-refractivity contribution in [3.8, 4) is 0 Å². The zero-order valence-electron chi connectivity index (χ0n) is 7.09. The second kappa shape index (κ2) is 4.86. The van der Waals surface area contributed by atoms with Crippen LogP contribution in [-0.4, -0.2) is 20.2 Å². The quantitative estimate of drug-likeness (QED) is 0.340. The van der Waals surface area contributed by atoms with Gasteiger partial charge >= 0.3 is 5.82 Å². The highest BCUT2D eigenvalue weighted by atomic mass is 32.1. The van der Waals surface area contributed by atoms with E-state index in [4.69, 9.17) is 0 Å². The lowest BCUT2D eigenvalue weighted by Crippen LogP contribution is -1.94.